The SMILES string of the molecule is CC(C)Cc1nc(CNC(=O)N2CCN([C@H]3CN4CCC3CC4)CC2)no1. The van der Waals surface area contributed by atoms with Gasteiger partial charge in [0.1, 0.15) is 0 Å². The van der Waals surface area contributed by atoms with E-state index in [1.54, 1.807) is 0 Å². The summed E-state index contributed by atoms with van der Waals surface area (Å²) in [4.78, 5) is 23.9. The molecule has 5 heterocycles. The lowest BCUT2D eigenvalue weighted by Crippen LogP contribution is -2.62. The van der Waals surface area contributed by atoms with Gasteiger partial charge in [0.25, 0.3) is 0 Å². The van der Waals surface area contributed by atoms with Gasteiger partial charge in [-0.15, -0.1) is 0 Å². The molecule has 1 aromatic rings. The number of hydrogen-bond acceptors (Lipinski definition) is 6. The highest BCUT2D eigenvalue weighted by atomic mass is 16.5. The quantitative estimate of drug-likeness (QED) is 0.832. The third kappa shape index (κ3) is 4.43. The van der Waals surface area contributed by atoms with Crippen molar-refractivity contribution < 1.29 is 9.32 Å². The maximum absolute atomic E-state index is 12.5. The van der Waals surface area contributed by atoms with Crippen molar-refractivity contribution in [2.45, 2.75) is 45.7 Å². The van der Waals surface area contributed by atoms with E-state index >= 15 is 0 Å². The van der Waals surface area contributed by atoms with E-state index in [2.05, 4.69) is 39.1 Å². The monoisotopic (exact) mass is 376 g/mol. The fraction of sp³-hybridized carbons (Fsp3) is 0.842. The first-order valence-electron chi connectivity index (χ1n) is 10.4. The van der Waals surface area contributed by atoms with Gasteiger partial charge in [-0.3, -0.25) is 4.90 Å². The molecule has 0 saturated carbocycles. The number of rotatable bonds is 5. The molecule has 0 aliphatic carbocycles. The molecule has 2 bridgehead atoms. The van der Waals surface area contributed by atoms with Gasteiger partial charge in [0.15, 0.2) is 5.82 Å². The van der Waals surface area contributed by atoms with Gasteiger partial charge >= 0.3 is 6.03 Å². The number of fused-ring (bicyclic) bond motifs is 3. The van der Waals surface area contributed by atoms with Crippen molar-refractivity contribution in [2.24, 2.45) is 11.8 Å². The number of piperazine rings is 1. The van der Waals surface area contributed by atoms with E-state index < -0.39 is 0 Å². The predicted molar refractivity (Wildman–Crippen MR) is 101 cm³/mol. The molecule has 0 radical (unpaired) electrons. The van der Waals surface area contributed by atoms with E-state index in [0.29, 0.717) is 30.2 Å². The number of nitrogens with one attached hydrogen (secondary N) is 1. The second-order valence-corrected chi connectivity index (χ2v) is 8.59. The second kappa shape index (κ2) is 8.14. The van der Waals surface area contributed by atoms with Crippen LogP contribution in [0.15, 0.2) is 4.52 Å². The van der Waals surface area contributed by atoms with E-state index in [4.69, 9.17) is 4.52 Å². The number of amides is 2. The number of carbonyl (C=O) groups excluding carboxylic acids is 1. The van der Waals surface area contributed by atoms with Gasteiger partial charge in [-0.05, 0) is 37.8 Å². The lowest BCUT2D eigenvalue weighted by molar-refractivity contribution is -0.0103. The molecular weight excluding hydrogens is 344 g/mol. The highest BCUT2D eigenvalue weighted by Gasteiger charge is 2.38. The zero-order valence-electron chi connectivity index (χ0n) is 16.6. The molecule has 1 N–H and O–H groups in total. The lowest BCUT2D eigenvalue weighted by Gasteiger charge is -2.50. The van der Waals surface area contributed by atoms with Crippen LogP contribution in [0.3, 0.4) is 0 Å². The lowest BCUT2D eigenvalue weighted by atomic mass is 9.83. The van der Waals surface area contributed by atoms with Crippen LogP contribution >= 0.6 is 0 Å². The van der Waals surface area contributed by atoms with Gasteiger partial charge in [-0.1, -0.05) is 19.0 Å². The number of carbonyl (C=O) groups is 1. The molecule has 4 aliphatic heterocycles. The molecule has 0 spiro atoms. The molecule has 4 saturated heterocycles. The third-order valence-corrected chi connectivity index (χ3v) is 6.18. The molecule has 4 fully saturated rings. The van der Waals surface area contributed by atoms with Crippen molar-refractivity contribution in [2.75, 3.05) is 45.8 Å². The largest absolute Gasteiger partial charge is 0.339 e. The van der Waals surface area contributed by atoms with Crippen LogP contribution < -0.4 is 5.32 Å². The summed E-state index contributed by atoms with van der Waals surface area (Å²) in [5, 5.41) is 6.88. The number of nitrogens with zero attached hydrogens (tertiary/aromatic N) is 5. The molecule has 8 heteroatoms. The molecule has 8 nitrogen and oxygen atoms in total. The molecule has 2 amide bonds. The first-order valence-corrected chi connectivity index (χ1v) is 10.4. The summed E-state index contributed by atoms with van der Waals surface area (Å²) >= 11 is 0. The Hall–Kier alpha value is -1.67. The summed E-state index contributed by atoms with van der Waals surface area (Å²) < 4.78 is 5.22. The zero-order valence-corrected chi connectivity index (χ0v) is 16.6. The van der Waals surface area contributed by atoms with Gasteiger partial charge in [-0.2, -0.15) is 4.98 Å². The van der Waals surface area contributed by atoms with E-state index in [9.17, 15) is 4.79 Å². The Morgan fingerprint density at radius 2 is 1.93 bits per heavy atom. The molecular formula is C19H32N6O2. The van der Waals surface area contributed by atoms with Crippen LogP contribution in [-0.4, -0.2) is 82.7 Å². The predicted octanol–water partition coefficient (Wildman–Crippen LogP) is 1.19. The average Bonchev–Trinajstić information content (AvgIpc) is 3.13. The minimum Gasteiger partial charge on any atom is -0.339 e. The van der Waals surface area contributed by atoms with E-state index in [1.807, 2.05) is 4.90 Å². The molecule has 5 rings (SSSR count). The Morgan fingerprint density at radius 1 is 1.19 bits per heavy atom. The van der Waals surface area contributed by atoms with E-state index in [-0.39, 0.29) is 6.03 Å². The summed E-state index contributed by atoms with van der Waals surface area (Å²) in [7, 11) is 0. The van der Waals surface area contributed by atoms with Crippen molar-refractivity contribution in [3.05, 3.63) is 11.7 Å². The number of piperidine rings is 3. The van der Waals surface area contributed by atoms with Crippen LogP contribution in [-0.2, 0) is 13.0 Å². The van der Waals surface area contributed by atoms with Crippen molar-refractivity contribution in [1.29, 1.82) is 0 Å². The summed E-state index contributed by atoms with van der Waals surface area (Å²) in [6.45, 7) is 11.8. The van der Waals surface area contributed by atoms with Gasteiger partial charge < -0.3 is 19.6 Å². The fourth-order valence-corrected chi connectivity index (χ4v) is 4.66. The maximum Gasteiger partial charge on any atom is 0.317 e. The number of aromatic nitrogens is 2. The van der Waals surface area contributed by atoms with Gasteiger partial charge in [0, 0.05) is 45.2 Å². The van der Waals surface area contributed by atoms with Gasteiger partial charge in [-0.25, -0.2) is 4.79 Å². The van der Waals surface area contributed by atoms with E-state index in [1.165, 1.54) is 32.5 Å². The van der Waals surface area contributed by atoms with Crippen LogP contribution in [0, 0.1) is 11.8 Å². The van der Waals surface area contributed by atoms with Crippen LogP contribution in [0.4, 0.5) is 4.79 Å². The van der Waals surface area contributed by atoms with Crippen LogP contribution in [0.2, 0.25) is 0 Å². The second-order valence-electron chi connectivity index (χ2n) is 8.59. The van der Waals surface area contributed by atoms with Gasteiger partial charge in [0.05, 0.1) is 6.54 Å². The zero-order chi connectivity index (χ0) is 18.8. The third-order valence-electron chi connectivity index (χ3n) is 6.18. The molecule has 4 aliphatic rings. The van der Waals surface area contributed by atoms with Crippen LogP contribution in [0.1, 0.15) is 38.4 Å². The minimum atomic E-state index is -0.0289. The summed E-state index contributed by atoms with van der Waals surface area (Å²) in [5.74, 6) is 2.51. The molecule has 27 heavy (non-hydrogen) atoms. The Morgan fingerprint density at radius 3 is 2.56 bits per heavy atom. The first-order chi connectivity index (χ1) is 13.1. The normalized spacial score (nSPS) is 28.7. The Balaban J connectivity index is 1.21. The average molecular weight is 377 g/mol. The maximum atomic E-state index is 12.5. The molecule has 1 aromatic heterocycles. The number of hydrogen-bond donors (Lipinski definition) is 1. The van der Waals surface area contributed by atoms with Crippen molar-refractivity contribution in [3.8, 4) is 0 Å². The van der Waals surface area contributed by atoms with Crippen LogP contribution in [0.25, 0.3) is 0 Å². The Kier molecular flexibility index (Phi) is 5.63. The molecule has 0 aromatic carbocycles. The van der Waals surface area contributed by atoms with Crippen molar-refractivity contribution >= 4 is 6.03 Å². The summed E-state index contributed by atoms with van der Waals surface area (Å²) in [6.07, 6.45) is 3.45. The fourth-order valence-electron chi connectivity index (χ4n) is 4.66. The highest BCUT2D eigenvalue weighted by molar-refractivity contribution is 5.74. The molecule has 0 unspecified atom stereocenters. The van der Waals surface area contributed by atoms with Gasteiger partial charge in [0.2, 0.25) is 5.89 Å². The highest BCUT2D eigenvalue weighted by Crippen LogP contribution is 2.31. The first kappa shape index (κ1) is 18.7. The minimum absolute atomic E-state index is 0.0289. The summed E-state index contributed by atoms with van der Waals surface area (Å²) in [5.41, 5.74) is 0. The Labute approximate surface area is 161 Å². The van der Waals surface area contributed by atoms with E-state index in [0.717, 1.165) is 38.5 Å². The molecule has 1 atom stereocenters. The Bertz CT molecular complexity index is 632. The topological polar surface area (TPSA) is 77.7 Å². The smallest absolute Gasteiger partial charge is 0.317 e. The van der Waals surface area contributed by atoms with Crippen LogP contribution in [0.5, 0.6) is 0 Å². The summed E-state index contributed by atoms with van der Waals surface area (Å²) in [6, 6.07) is 0.662. The van der Waals surface area contributed by atoms with Crippen molar-refractivity contribution in [1.82, 2.24) is 30.2 Å². The van der Waals surface area contributed by atoms with Crippen molar-refractivity contribution in [3.63, 3.8) is 0 Å². The molecule has 150 valence electrons. The number of urea groups is 1. The standard InChI is InChI=1S/C19H32N6O2/c1-14(2)11-18-21-17(22-27-18)12-20-19(26)25-9-7-24(8-10-25)16-13-23-5-3-15(16)4-6-23/h14-16H,3-13H2,1-2H3,(H,20,26)/t16-/m0/s1.